The molecule has 15 heteroatoms. The molecule has 0 aromatic carbocycles. The quantitative estimate of drug-likeness (QED) is 0.0793. The zero-order valence-electron chi connectivity index (χ0n) is 28.6. The second-order valence-corrected chi connectivity index (χ2v) is 16.8. The van der Waals surface area contributed by atoms with Gasteiger partial charge in [-0.3, -0.25) is 0 Å². The van der Waals surface area contributed by atoms with Crippen molar-refractivity contribution in [3.8, 4) is 0 Å². The number of imide groups is 1. The highest BCUT2D eigenvalue weighted by atomic mass is 35.6. The number of carbonyl (C=O) groups is 5. The zero-order valence-corrected chi connectivity index (χ0v) is 30.9. The second-order valence-electron chi connectivity index (χ2n) is 14.5. The van der Waals surface area contributed by atoms with Gasteiger partial charge in [0, 0.05) is 0 Å². The van der Waals surface area contributed by atoms with Crippen LogP contribution in [0.4, 0.5) is 14.4 Å². The summed E-state index contributed by atoms with van der Waals surface area (Å²) in [5, 5.41) is 0. The molecule has 0 radical (unpaired) electrons. The number of rotatable bonds is 8. The molecule has 0 aromatic rings. The van der Waals surface area contributed by atoms with Crippen molar-refractivity contribution >= 4 is 65.1 Å². The molecular weight excluding hydrogens is 657 g/mol. The number of hydrogen-bond acceptors (Lipinski definition) is 11. The van der Waals surface area contributed by atoms with Crippen LogP contribution in [0.3, 0.4) is 0 Å². The summed E-state index contributed by atoms with van der Waals surface area (Å²) in [7, 11) is 0. The molecule has 0 saturated carbocycles. The Morgan fingerprint density at radius 2 is 1.02 bits per heavy atom. The molecule has 12 nitrogen and oxygen atoms in total. The Labute approximate surface area is 281 Å². The van der Waals surface area contributed by atoms with E-state index in [0.29, 0.717) is 4.90 Å². The van der Waals surface area contributed by atoms with Crippen molar-refractivity contribution in [1.82, 2.24) is 4.90 Å². The molecule has 45 heavy (non-hydrogen) atoms. The van der Waals surface area contributed by atoms with Crippen molar-refractivity contribution in [2.75, 3.05) is 0 Å². The third kappa shape index (κ3) is 17.2. The predicted octanol–water partition coefficient (Wildman–Crippen LogP) is 8.18. The van der Waals surface area contributed by atoms with Crippen LogP contribution in [0.25, 0.3) is 0 Å². The largest absolute Gasteiger partial charge is 0.514 e. The van der Waals surface area contributed by atoms with Gasteiger partial charge >= 0.3 is 30.3 Å². The van der Waals surface area contributed by atoms with E-state index in [1.807, 2.05) is 0 Å². The first kappa shape index (κ1) is 42.6. The van der Waals surface area contributed by atoms with Crippen molar-refractivity contribution in [1.29, 1.82) is 0 Å². The molecule has 2 amide bonds. The van der Waals surface area contributed by atoms with E-state index in [1.165, 1.54) is 13.8 Å². The van der Waals surface area contributed by atoms with Gasteiger partial charge in [-0.05, 0) is 116 Å². The Kier molecular flexibility index (Phi) is 14.6. The summed E-state index contributed by atoms with van der Waals surface area (Å²) in [5.74, 6) is -2.65. The van der Waals surface area contributed by atoms with E-state index in [2.05, 4.69) is 0 Å². The summed E-state index contributed by atoms with van der Waals surface area (Å²) in [6, 6.07) is -1.60. The van der Waals surface area contributed by atoms with Crippen LogP contribution in [0.2, 0.25) is 0 Å². The molecule has 0 saturated heterocycles. The standard InChI is InChI=1S/C30H48Cl3NO11/c1-25(2,3)41-20(35)18(34(22(37)43-27(7,8)9)23(38)44-28(10,11)12)16-15-17-19(21(36)42-26(4,5)6)40-24(39)45-29(13,14)30(31,32)33/h17-18H,15-16H2,1-14H3/b19-17+/t18-/m0/s1. The fraction of sp³-hybridized carbons (Fsp3) is 0.767. The first-order valence-corrected chi connectivity index (χ1v) is 15.3. The maximum atomic E-state index is 13.4. The van der Waals surface area contributed by atoms with E-state index in [-0.39, 0.29) is 12.8 Å². The van der Waals surface area contributed by atoms with E-state index in [9.17, 15) is 24.0 Å². The molecule has 0 unspecified atom stereocenters. The number of nitrogens with zero attached hydrogens (tertiary/aromatic N) is 1. The van der Waals surface area contributed by atoms with Gasteiger partial charge in [0.2, 0.25) is 9.55 Å². The maximum absolute atomic E-state index is 13.4. The fourth-order valence-electron chi connectivity index (χ4n) is 2.92. The SMILES string of the molecule is CC(C)(C)OC(=O)/C(=C\CC[C@@H](C(=O)OC(C)(C)C)N(C(=O)OC(C)(C)C)C(=O)OC(C)(C)C)OC(=O)OC(C)(C)C(Cl)(Cl)Cl. The van der Waals surface area contributed by atoms with Crippen molar-refractivity contribution in [2.45, 2.75) is 148 Å². The Balaban J connectivity index is 6.71. The van der Waals surface area contributed by atoms with Crippen LogP contribution in [-0.2, 0) is 38.0 Å². The number of allylic oxidation sites excluding steroid dienone is 1. The van der Waals surface area contributed by atoms with Gasteiger partial charge in [0.1, 0.15) is 28.4 Å². The number of carbonyl (C=O) groups excluding carboxylic acids is 5. The Hall–Kier alpha value is -2.44. The van der Waals surface area contributed by atoms with Crippen molar-refractivity contribution in [2.24, 2.45) is 0 Å². The fourth-order valence-corrected chi connectivity index (χ4v) is 3.03. The van der Waals surface area contributed by atoms with E-state index in [0.717, 1.165) is 6.08 Å². The minimum Gasteiger partial charge on any atom is -0.458 e. The number of esters is 2. The lowest BCUT2D eigenvalue weighted by atomic mass is 10.1. The van der Waals surface area contributed by atoms with Gasteiger partial charge in [-0.2, -0.15) is 4.90 Å². The van der Waals surface area contributed by atoms with E-state index >= 15 is 0 Å². The van der Waals surface area contributed by atoms with Crippen LogP contribution in [0.15, 0.2) is 11.8 Å². The molecule has 0 bridgehead atoms. The predicted molar refractivity (Wildman–Crippen MR) is 169 cm³/mol. The average Bonchev–Trinajstić information content (AvgIpc) is 2.71. The average molecular weight is 705 g/mol. The molecule has 0 N–H and O–H groups in total. The van der Waals surface area contributed by atoms with Crippen LogP contribution in [-0.4, -0.2) is 73.0 Å². The molecule has 1 atom stereocenters. The van der Waals surface area contributed by atoms with Gasteiger partial charge < -0.3 is 28.4 Å². The lowest BCUT2D eigenvalue weighted by molar-refractivity contribution is -0.161. The Morgan fingerprint density at radius 3 is 1.38 bits per heavy atom. The Bertz CT molecular complexity index is 1090. The summed E-state index contributed by atoms with van der Waals surface area (Å²) >= 11 is 17.6. The molecule has 0 aromatic heterocycles. The smallest absolute Gasteiger partial charge is 0.458 e. The molecular formula is C30H48Cl3NO11. The minimum absolute atomic E-state index is 0.234. The summed E-state index contributed by atoms with van der Waals surface area (Å²) < 4.78 is 29.9. The van der Waals surface area contributed by atoms with Gasteiger partial charge in [0.25, 0.3) is 0 Å². The first-order chi connectivity index (χ1) is 19.7. The molecule has 0 aliphatic heterocycles. The van der Waals surface area contributed by atoms with Crippen LogP contribution in [0.5, 0.6) is 0 Å². The number of halogens is 3. The summed E-state index contributed by atoms with van der Waals surface area (Å²) in [6.45, 7) is 21.7. The highest BCUT2D eigenvalue weighted by molar-refractivity contribution is 6.68. The van der Waals surface area contributed by atoms with Crippen LogP contribution < -0.4 is 0 Å². The molecule has 0 heterocycles. The topological polar surface area (TPSA) is 144 Å². The van der Waals surface area contributed by atoms with E-state index in [4.69, 9.17) is 63.2 Å². The van der Waals surface area contributed by atoms with Crippen molar-refractivity contribution < 1.29 is 52.4 Å². The zero-order chi connectivity index (χ0) is 36.0. The highest BCUT2D eigenvalue weighted by Gasteiger charge is 2.45. The van der Waals surface area contributed by atoms with Gasteiger partial charge in [-0.1, -0.05) is 34.8 Å². The highest BCUT2D eigenvalue weighted by Crippen LogP contribution is 2.40. The second kappa shape index (κ2) is 15.4. The lowest BCUT2D eigenvalue weighted by Crippen LogP contribution is -2.53. The van der Waals surface area contributed by atoms with Crippen LogP contribution in [0.1, 0.15) is 110 Å². The van der Waals surface area contributed by atoms with Crippen LogP contribution in [0, 0.1) is 0 Å². The van der Waals surface area contributed by atoms with Crippen LogP contribution >= 0.6 is 34.8 Å². The van der Waals surface area contributed by atoms with E-state index < -0.39 is 73.9 Å². The van der Waals surface area contributed by atoms with Gasteiger partial charge in [-0.25, -0.2) is 24.0 Å². The normalized spacial score (nSPS) is 14.1. The van der Waals surface area contributed by atoms with E-state index in [1.54, 1.807) is 83.1 Å². The summed E-state index contributed by atoms with van der Waals surface area (Å²) in [6.07, 6.45) is -3.16. The number of ether oxygens (including phenoxy) is 6. The minimum atomic E-state index is -2.05. The monoisotopic (exact) mass is 703 g/mol. The third-order valence-corrected chi connectivity index (χ3v) is 6.12. The summed E-state index contributed by atoms with van der Waals surface area (Å²) in [5.41, 5.74) is -5.77. The Morgan fingerprint density at radius 1 is 0.622 bits per heavy atom. The van der Waals surface area contributed by atoms with Gasteiger partial charge in [0.05, 0.1) is 0 Å². The molecule has 0 fully saturated rings. The van der Waals surface area contributed by atoms with Crippen molar-refractivity contribution in [3.05, 3.63) is 11.8 Å². The van der Waals surface area contributed by atoms with Gasteiger partial charge in [0.15, 0.2) is 5.60 Å². The maximum Gasteiger partial charge on any atom is 0.514 e. The number of amides is 2. The number of hydrogen-bond donors (Lipinski definition) is 0. The lowest BCUT2D eigenvalue weighted by Gasteiger charge is -2.33. The third-order valence-electron chi connectivity index (χ3n) is 4.76. The van der Waals surface area contributed by atoms with Crippen molar-refractivity contribution in [3.63, 3.8) is 0 Å². The molecule has 260 valence electrons. The molecule has 0 rings (SSSR count). The molecule has 0 spiro atoms. The molecule has 0 aliphatic rings. The number of alkyl halides is 3. The van der Waals surface area contributed by atoms with Gasteiger partial charge in [-0.15, -0.1) is 0 Å². The molecule has 0 aliphatic carbocycles. The summed E-state index contributed by atoms with van der Waals surface area (Å²) in [4.78, 5) is 66.2. The first-order valence-electron chi connectivity index (χ1n) is 14.1.